The van der Waals surface area contributed by atoms with Crippen LogP contribution in [-0.4, -0.2) is 5.11 Å². The molecule has 0 saturated carbocycles. The molecular formula is C25H20F2N2O3. The lowest BCUT2D eigenvalue weighted by Gasteiger charge is -2.27. The standard InChI is InChI=1S/C25H20F2N2O3/c1-14(16-5-4-6-18(27)13-16)28-21(15-9-11-17(26)12-10-15)19-7-2-3-8-20(19)29-22-23(30)25(32)24(22)31/h2-14,21,28-30H,1H3. The van der Waals surface area contributed by atoms with Crippen molar-refractivity contribution in [2.45, 2.75) is 19.0 Å². The Labute approximate surface area is 182 Å². The molecule has 0 aliphatic rings. The summed E-state index contributed by atoms with van der Waals surface area (Å²) in [5.41, 5.74) is 0.742. The molecule has 0 heterocycles. The molecule has 0 spiro atoms. The predicted molar refractivity (Wildman–Crippen MR) is 119 cm³/mol. The molecule has 32 heavy (non-hydrogen) atoms. The average Bonchev–Trinajstić information content (AvgIpc) is 2.81. The summed E-state index contributed by atoms with van der Waals surface area (Å²) in [4.78, 5) is 23.2. The fourth-order valence-corrected chi connectivity index (χ4v) is 3.64. The third-order valence-corrected chi connectivity index (χ3v) is 5.39. The quantitative estimate of drug-likeness (QED) is 0.375. The van der Waals surface area contributed by atoms with Gasteiger partial charge in [0.05, 0.1) is 6.04 Å². The van der Waals surface area contributed by atoms with Gasteiger partial charge in [-0.3, -0.25) is 14.9 Å². The second-order valence-electron chi connectivity index (χ2n) is 7.52. The highest BCUT2D eigenvalue weighted by Gasteiger charge is 2.24. The molecule has 0 fully saturated rings. The Hall–Kier alpha value is -3.84. The number of hydrogen-bond acceptors (Lipinski definition) is 5. The lowest BCUT2D eigenvalue weighted by molar-refractivity contribution is 0.466. The highest BCUT2D eigenvalue weighted by Crippen LogP contribution is 2.33. The van der Waals surface area contributed by atoms with Gasteiger partial charge in [-0.2, -0.15) is 0 Å². The highest BCUT2D eigenvalue weighted by molar-refractivity contribution is 5.72. The smallest absolute Gasteiger partial charge is 0.271 e. The van der Waals surface area contributed by atoms with E-state index in [2.05, 4.69) is 10.6 Å². The van der Waals surface area contributed by atoms with Crippen molar-refractivity contribution in [3.63, 3.8) is 0 Å². The summed E-state index contributed by atoms with van der Waals surface area (Å²) in [6, 6.07) is 18.5. The van der Waals surface area contributed by atoms with Gasteiger partial charge < -0.3 is 10.4 Å². The van der Waals surface area contributed by atoms with E-state index >= 15 is 0 Å². The van der Waals surface area contributed by atoms with Gasteiger partial charge in [-0.25, -0.2) is 8.78 Å². The van der Waals surface area contributed by atoms with Gasteiger partial charge in [0.25, 0.3) is 10.9 Å². The van der Waals surface area contributed by atoms with Crippen molar-refractivity contribution < 1.29 is 13.9 Å². The van der Waals surface area contributed by atoms with Crippen LogP contribution in [0.4, 0.5) is 20.2 Å². The topological polar surface area (TPSA) is 78.4 Å². The summed E-state index contributed by atoms with van der Waals surface area (Å²) >= 11 is 0. The van der Waals surface area contributed by atoms with E-state index in [0.717, 1.165) is 11.1 Å². The molecule has 4 aromatic carbocycles. The Morgan fingerprint density at radius 2 is 1.53 bits per heavy atom. The van der Waals surface area contributed by atoms with E-state index in [1.165, 1.54) is 24.3 Å². The average molecular weight is 434 g/mol. The van der Waals surface area contributed by atoms with E-state index in [1.54, 1.807) is 42.5 Å². The Morgan fingerprint density at radius 3 is 2.22 bits per heavy atom. The molecule has 0 amide bonds. The summed E-state index contributed by atoms with van der Waals surface area (Å²) in [6.07, 6.45) is 0. The monoisotopic (exact) mass is 434 g/mol. The molecule has 0 bridgehead atoms. The third-order valence-electron chi connectivity index (χ3n) is 5.39. The molecule has 7 heteroatoms. The van der Waals surface area contributed by atoms with Crippen molar-refractivity contribution >= 4 is 11.4 Å². The SMILES string of the molecule is CC(NC(c1ccc(F)cc1)c1ccccc1Nc1c(O)c(=O)c1=O)c1cccc(F)c1. The van der Waals surface area contributed by atoms with E-state index in [9.17, 15) is 23.5 Å². The lowest BCUT2D eigenvalue weighted by Crippen LogP contribution is -2.33. The number of para-hydroxylation sites is 1. The first kappa shape index (κ1) is 21.4. The molecule has 0 aliphatic heterocycles. The largest absolute Gasteiger partial charge is 0.502 e. The van der Waals surface area contributed by atoms with Crippen molar-refractivity contribution in [3.8, 4) is 5.75 Å². The van der Waals surface area contributed by atoms with Crippen LogP contribution in [0.15, 0.2) is 82.4 Å². The molecule has 0 saturated heterocycles. The first-order valence-electron chi connectivity index (χ1n) is 10.0. The Bertz CT molecular complexity index is 1330. The number of halogens is 2. The summed E-state index contributed by atoms with van der Waals surface area (Å²) in [6.45, 7) is 1.88. The van der Waals surface area contributed by atoms with Crippen molar-refractivity contribution in [1.82, 2.24) is 5.32 Å². The normalized spacial score (nSPS) is 13.1. The molecule has 0 aromatic heterocycles. The molecule has 2 atom stereocenters. The number of rotatable bonds is 7. The number of aromatic hydroxyl groups is 1. The number of anilines is 2. The van der Waals surface area contributed by atoms with Crippen molar-refractivity contribution in [2.75, 3.05) is 5.32 Å². The number of nitrogens with one attached hydrogen (secondary N) is 2. The van der Waals surface area contributed by atoms with Crippen LogP contribution in [0.2, 0.25) is 0 Å². The Balaban J connectivity index is 1.74. The lowest BCUT2D eigenvalue weighted by atomic mass is 9.95. The fourth-order valence-electron chi connectivity index (χ4n) is 3.64. The van der Waals surface area contributed by atoms with Crippen LogP contribution in [0.1, 0.15) is 35.7 Å². The summed E-state index contributed by atoms with van der Waals surface area (Å²) < 4.78 is 27.3. The van der Waals surface area contributed by atoms with Crippen LogP contribution in [0, 0.1) is 11.6 Å². The Morgan fingerprint density at radius 1 is 0.812 bits per heavy atom. The van der Waals surface area contributed by atoms with Crippen LogP contribution in [0.3, 0.4) is 0 Å². The fraction of sp³-hybridized carbons (Fsp3) is 0.120. The maximum Gasteiger partial charge on any atom is 0.271 e. The molecule has 0 aliphatic carbocycles. The zero-order valence-electron chi connectivity index (χ0n) is 17.1. The summed E-state index contributed by atoms with van der Waals surface area (Å²) in [5, 5.41) is 16.0. The third kappa shape index (κ3) is 4.15. The maximum atomic E-state index is 13.7. The minimum Gasteiger partial charge on any atom is -0.502 e. The number of benzene rings is 3. The van der Waals surface area contributed by atoms with Crippen molar-refractivity contribution in [1.29, 1.82) is 0 Å². The molecular weight excluding hydrogens is 414 g/mol. The Kier molecular flexibility index (Phi) is 5.83. The maximum absolute atomic E-state index is 13.7. The van der Waals surface area contributed by atoms with E-state index in [-0.39, 0.29) is 23.4 Å². The first-order chi connectivity index (χ1) is 15.3. The van der Waals surface area contributed by atoms with Crippen LogP contribution < -0.4 is 21.5 Å². The molecule has 5 nitrogen and oxygen atoms in total. The second-order valence-corrected chi connectivity index (χ2v) is 7.52. The second kappa shape index (κ2) is 8.72. The predicted octanol–water partition coefficient (Wildman–Crippen LogP) is 4.45. The van der Waals surface area contributed by atoms with Gasteiger partial charge in [-0.15, -0.1) is 0 Å². The molecule has 2 unspecified atom stereocenters. The molecule has 0 radical (unpaired) electrons. The van der Waals surface area contributed by atoms with E-state index in [0.29, 0.717) is 11.3 Å². The van der Waals surface area contributed by atoms with Crippen molar-refractivity contribution in [2.24, 2.45) is 0 Å². The van der Waals surface area contributed by atoms with Crippen LogP contribution in [-0.2, 0) is 0 Å². The van der Waals surface area contributed by atoms with Gasteiger partial charge in [0.1, 0.15) is 17.3 Å². The summed E-state index contributed by atoms with van der Waals surface area (Å²) in [5.74, 6) is -1.35. The van der Waals surface area contributed by atoms with E-state index < -0.39 is 22.6 Å². The zero-order chi connectivity index (χ0) is 22.8. The van der Waals surface area contributed by atoms with Gasteiger partial charge in [0.2, 0.25) is 0 Å². The summed E-state index contributed by atoms with van der Waals surface area (Å²) in [7, 11) is 0. The minimum absolute atomic E-state index is 0.168. The van der Waals surface area contributed by atoms with E-state index in [1.807, 2.05) is 13.0 Å². The molecule has 4 rings (SSSR count). The van der Waals surface area contributed by atoms with Crippen LogP contribution in [0.5, 0.6) is 5.75 Å². The van der Waals surface area contributed by atoms with Gasteiger partial charge in [0.15, 0.2) is 5.75 Å². The first-order valence-corrected chi connectivity index (χ1v) is 10.0. The van der Waals surface area contributed by atoms with E-state index in [4.69, 9.17) is 0 Å². The van der Waals surface area contributed by atoms with Crippen LogP contribution >= 0.6 is 0 Å². The number of hydrogen-bond donors (Lipinski definition) is 3. The van der Waals surface area contributed by atoms with Crippen molar-refractivity contribution in [3.05, 3.63) is 122 Å². The highest BCUT2D eigenvalue weighted by atomic mass is 19.1. The van der Waals surface area contributed by atoms with Gasteiger partial charge in [-0.1, -0.05) is 42.5 Å². The van der Waals surface area contributed by atoms with Gasteiger partial charge >= 0.3 is 0 Å². The zero-order valence-corrected chi connectivity index (χ0v) is 17.1. The molecule has 162 valence electrons. The minimum atomic E-state index is -0.932. The molecule has 4 aromatic rings. The van der Waals surface area contributed by atoms with Crippen LogP contribution in [0.25, 0.3) is 0 Å². The van der Waals surface area contributed by atoms with Gasteiger partial charge in [-0.05, 0) is 53.9 Å². The van der Waals surface area contributed by atoms with Gasteiger partial charge in [0, 0.05) is 11.7 Å². The molecule has 3 N–H and O–H groups in total.